The molecule has 0 spiro atoms. The lowest BCUT2D eigenvalue weighted by molar-refractivity contribution is -0.161. The van der Waals surface area contributed by atoms with Gasteiger partial charge >= 0.3 is 11.9 Å². The molecule has 68 heavy (non-hydrogen) atoms. The minimum atomic E-state index is -0.784. The van der Waals surface area contributed by atoms with E-state index in [0.29, 0.717) is 12.8 Å². The van der Waals surface area contributed by atoms with Crippen LogP contribution in [0.4, 0.5) is 0 Å². The lowest BCUT2D eigenvalue weighted by Gasteiger charge is -2.15. The van der Waals surface area contributed by atoms with Gasteiger partial charge in [0.2, 0.25) is 0 Å². The van der Waals surface area contributed by atoms with Crippen LogP contribution in [0.5, 0.6) is 0 Å². The third-order valence-corrected chi connectivity index (χ3v) is 11.7. The van der Waals surface area contributed by atoms with Crippen LogP contribution in [0.1, 0.15) is 245 Å². The van der Waals surface area contributed by atoms with Crippen molar-refractivity contribution in [3.8, 4) is 0 Å². The number of unbranched alkanes of at least 4 members (excludes halogenated alkanes) is 22. The van der Waals surface area contributed by atoms with Crippen molar-refractivity contribution in [3.05, 3.63) is 122 Å². The van der Waals surface area contributed by atoms with Crippen LogP contribution in [0, 0.1) is 0 Å². The summed E-state index contributed by atoms with van der Waals surface area (Å²) < 4.78 is 10.7. The van der Waals surface area contributed by atoms with Crippen molar-refractivity contribution in [2.75, 3.05) is 13.2 Å². The molecule has 0 saturated heterocycles. The second-order valence-electron chi connectivity index (χ2n) is 18.3. The smallest absolute Gasteiger partial charge is 0.306 e. The van der Waals surface area contributed by atoms with Crippen LogP contribution >= 0.6 is 0 Å². The Morgan fingerprint density at radius 1 is 0.353 bits per heavy atom. The first-order valence-electron chi connectivity index (χ1n) is 28.1. The molecule has 0 aliphatic carbocycles. The molecule has 5 nitrogen and oxygen atoms in total. The number of hydrogen-bond acceptors (Lipinski definition) is 5. The van der Waals surface area contributed by atoms with Crippen molar-refractivity contribution in [3.63, 3.8) is 0 Å². The summed E-state index contributed by atoms with van der Waals surface area (Å²) in [5.74, 6) is -0.604. The number of esters is 2. The monoisotopic (exact) mass is 941 g/mol. The van der Waals surface area contributed by atoms with E-state index in [2.05, 4.69) is 135 Å². The highest BCUT2D eigenvalue weighted by Gasteiger charge is 2.16. The van der Waals surface area contributed by atoms with Gasteiger partial charge in [0.25, 0.3) is 0 Å². The number of carbonyl (C=O) groups is 2. The minimum absolute atomic E-state index is 0.0755. The average molecular weight is 942 g/mol. The van der Waals surface area contributed by atoms with Crippen LogP contribution < -0.4 is 0 Å². The molecule has 1 N–H and O–H groups in total. The van der Waals surface area contributed by atoms with E-state index in [-0.39, 0.29) is 25.2 Å². The number of aliphatic hydroxyl groups is 1. The van der Waals surface area contributed by atoms with Gasteiger partial charge in [-0.25, -0.2) is 0 Å². The van der Waals surface area contributed by atoms with E-state index in [4.69, 9.17) is 9.47 Å². The molecule has 0 aromatic heterocycles. The number of ether oxygens (including phenoxy) is 2. The molecule has 1 unspecified atom stereocenters. The van der Waals surface area contributed by atoms with Crippen LogP contribution in [0.3, 0.4) is 0 Å². The van der Waals surface area contributed by atoms with E-state index in [0.717, 1.165) is 103 Å². The minimum Gasteiger partial charge on any atom is -0.462 e. The van der Waals surface area contributed by atoms with Crippen molar-refractivity contribution in [1.82, 2.24) is 0 Å². The maximum atomic E-state index is 12.3. The molecule has 0 fully saturated rings. The highest BCUT2D eigenvalue weighted by molar-refractivity contribution is 5.70. The molecule has 0 aromatic rings. The summed E-state index contributed by atoms with van der Waals surface area (Å²) in [4.78, 5) is 24.5. The average Bonchev–Trinajstić information content (AvgIpc) is 3.34. The van der Waals surface area contributed by atoms with Crippen molar-refractivity contribution in [2.45, 2.75) is 251 Å². The van der Waals surface area contributed by atoms with Crippen LogP contribution in [0.25, 0.3) is 0 Å². The Balaban J connectivity index is 3.55. The number of aliphatic hydroxyl groups excluding tert-OH is 1. The van der Waals surface area contributed by atoms with Crippen LogP contribution in [-0.2, 0) is 19.1 Å². The molecule has 386 valence electrons. The van der Waals surface area contributed by atoms with Crippen molar-refractivity contribution in [1.29, 1.82) is 0 Å². The second-order valence-corrected chi connectivity index (χ2v) is 18.3. The molecule has 0 heterocycles. The van der Waals surface area contributed by atoms with Gasteiger partial charge in [0.1, 0.15) is 6.61 Å². The van der Waals surface area contributed by atoms with Crippen molar-refractivity contribution < 1.29 is 24.2 Å². The number of rotatable bonds is 50. The molecule has 1 atom stereocenters. The van der Waals surface area contributed by atoms with Gasteiger partial charge < -0.3 is 14.6 Å². The summed E-state index contributed by atoms with van der Waals surface area (Å²) in [6.45, 7) is 3.99. The zero-order valence-electron chi connectivity index (χ0n) is 44.1. The van der Waals surface area contributed by atoms with Crippen LogP contribution in [0.15, 0.2) is 122 Å². The topological polar surface area (TPSA) is 72.8 Å². The summed E-state index contributed by atoms with van der Waals surface area (Å²) in [5, 5.41) is 9.64. The molecule has 0 aliphatic heterocycles. The van der Waals surface area contributed by atoms with E-state index in [9.17, 15) is 14.7 Å². The van der Waals surface area contributed by atoms with Gasteiger partial charge in [-0.15, -0.1) is 0 Å². The Hall–Kier alpha value is -3.70. The maximum Gasteiger partial charge on any atom is 0.306 e. The molecular formula is C63H104O5. The Morgan fingerprint density at radius 3 is 0.956 bits per heavy atom. The predicted octanol–water partition coefficient (Wildman–Crippen LogP) is 19.1. The summed E-state index contributed by atoms with van der Waals surface area (Å²) >= 11 is 0. The molecular weight excluding hydrogens is 837 g/mol. The van der Waals surface area contributed by atoms with Crippen LogP contribution in [0.2, 0.25) is 0 Å². The fraction of sp³-hybridized carbons (Fsp3) is 0.651. The van der Waals surface area contributed by atoms with Gasteiger partial charge in [-0.1, -0.05) is 245 Å². The van der Waals surface area contributed by atoms with Gasteiger partial charge in [0.05, 0.1) is 6.61 Å². The van der Waals surface area contributed by atoms with Gasteiger partial charge in [-0.3, -0.25) is 9.59 Å². The summed E-state index contributed by atoms with van der Waals surface area (Å²) in [5.41, 5.74) is 0. The van der Waals surface area contributed by atoms with E-state index in [1.165, 1.54) is 116 Å². The van der Waals surface area contributed by atoms with Crippen molar-refractivity contribution in [2.24, 2.45) is 0 Å². The first-order chi connectivity index (χ1) is 33.6. The molecule has 0 amide bonds. The van der Waals surface area contributed by atoms with E-state index < -0.39 is 6.10 Å². The number of allylic oxidation sites excluding steroid dienone is 20. The summed E-state index contributed by atoms with van der Waals surface area (Å²) in [6, 6.07) is 0. The lowest BCUT2D eigenvalue weighted by Crippen LogP contribution is -2.28. The largest absolute Gasteiger partial charge is 0.462 e. The zero-order chi connectivity index (χ0) is 49.2. The van der Waals surface area contributed by atoms with Gasteiger partial charge in [0, 0.05) is 12.8 Å². The molecule has 5 heteroatoms. The third-order valence-electron chi connectivity index (χ3n) is 11.7. The number of carbonyl (C=O) groups excluding carboxylic acids is 2. The Kier molecular flexibility index (Phi) is 54.5. The zero-order valence-corrected chi connectivity index (χ0v) is 44.1. The van der Waals surface area contributed by atoms with Gasteiger partial charge in [-0.2, -0.15) is 0 Å². The maximum absolute atomic E-state index is 12.3. The quantitative estimate of drug-likeness (QED) is 0.0374. The SMILES string of the molecule is CC/C=C\C/C=C\C/C=C\C/C=C\C/C=C\C/C=C\C/C=C\C/C=C\CCCCCCCCCCCCCCC(=O)OC(CO)COC(=O)CCCCCCCCC/C=C\C/C=C\CCCCC. The van der Waals surface area contributed by atoms with Gasteiger partial charge in [-0.05, 0) is 109 Å². The van der Waals surface area contributed by atoms with Gasteiger partial charge in [0.15, 0.2) is 6.10 Å². The molecule has 0 aromatic carbocycles. The van der Waals surface area contributed by atoms with E-state index in [1.807, 2.05) is 0 Å². The number of hydrogen-bond donors (Lipinski definition) is 1. The Morgan fingerprint density at radius 2 is 0.632 bits per heavy atom. The van der Waals surface area contributed by atoms with Crippen LogP contribution in [-0.4, -0.2) is 36.4 Å². The van der Waals surface area contributed by atoms with Crippen molar-refractivity contribution >= 4 is 11.9 Å². The Labute approximate surface area is 420 Å². The molecule has 0 rings (SSSR count). The highest BCUT2D eigenvalue weighted by Crippen LogP contribution is 2.15. The predicted molar refractivity (Wildman–Crippen MR) is 297 cm³/mol. The van der Waals surface area contributed by atoms with E-state index >= 15 is 0 Å². The second kappa shape index (κ2) is 57.6. The first-order valence-corrected chi connectivity index (χ1v) is 28.1. The standard InChI is InChI=1S/C63H104O5/c1-3-5-7-9-11-13-15-17-19-21-22-23-24-25-26-27-28-29-30-31-32-33-34-35-36-37-38-39-40-42-44-46-48-50-52-54-56-58-63(66)68-61(59-64)60-67-62(65)57-55-53-51-49-47-45-43-41-20-18-16-14-12-10-8-6-4-2/h5,7,11-14,17-20,22-23,25-26,28-29,31-32,34-35,61,64H,3-4,6,8-10,15-16,21,24,27,30,33,36-60H2,1-2H3/b7-5-,13-11-,14-12-,19-17-,20-18-,23-22-,26-25-,29-28-,32-31-,35-34-. The first kappa shape index (κ1) is 64.3. The normalized spacial score (nSPS) is 13.2. The Bertz CT molecular complexity index is 1390. The molecule has 0 radical (unpaired) electrons. The molecule has 0 saturated carbocycles. The fourth-order valence-electron chi connectivity index (χ4n) is 7.54. The lowest BCUT2D eigenvalue weighted by atomic mass is 10.0. The molecule has 0 aliphatic rings. The van der Waals surface area contributed by atoms with E-state index in [1.54, 1.807) is 0 Å². The fourth-order valence-corrected chi connectivity index (χ4v) is 7.54. The summed E-state index contributed by atoms with van der Waals surface area (Å²) in [7, 11) is 0. The third kappa shape index (κ3) is 54.9. The molecule has 0 bridgehead atoms. The summed E-state index contributed by atoms with van der Waals surface area (Å²) in [6.07, 6.45) is 84.5. The highest BCUT2D eigenvalue weighted by atomic mass is 16.6.